The van der Waals surface area contributed by atoms with Crippen molar-refractivity contribution in [1.29, 1.82) is 0 Å². The molecular weight excluding hydrogens is 245 g/mol. The Bertz CT molecular complexity index is 517. The molecule has 2 rings (SSSR count). The van der Waals surface area contributed by atoms with Crippen molar-refractivity contribution in [1.82, 2.24) is 4.98 Å². The molecule has 96 valence electrons. The van der Waals surface area contributed by atoms with Gasteiger partial charge in [-0.25, -0.2) is 4.98 Å². The summed E-state index contributed by atoms with van der Waals surface area (Å²) in [5, 5.41) is 2.93. The molecule has 0 fully saturated rings. The van der Waals surface area contributed by atoms with Gasteiger partial charge in [-0.2, -0.15) is 13.2 Å². The fourth-order valence-electron chi connectivity index (χ4n) is 1.44. The van der Waals surface area contributed by atoms with Crippen LogP contribution in [0.2, 0.25) is 0 Å². The summed E-state index contributed by atoms with van der Waals surface area (Å²) >= 11 is 0. The smallest absolute Gasteiger partial charge is 0.433 e. The van der Waals surface area contributed by atoms with Gasteiger partial charge < -0.3 is 9.73 Å². The molecule has 0 atom stereocenters. The van der Waals surface area contributed by atoms with E-state index in [4.69, 9.17) is 4.42 Å². The van der Waals surface area contributed by atoms with Gasteiger partial charge in [0.05, 0.1) is 18.4 Å². The van der Waals surface area contributed by atoms with Crippen LogP contribution in [-0.4, -0.2) is 4.98 Å². The molecule has 0 aliphatic carbocycles. The lowest BCUT2D eigenvalue weighted by atomic mass is 10.3. The van der Waals surface area contributed by atoms with Crippen molar-refractivity contribution in [2.75, 3.05) is 5.32 Å². The van der Waals surface area contributed by atoms with Gasteiger partial charge in [0, 0.05) is 0 Å². The summed E-state index contributed by atoms with van der Waals surface area (Å²) in [5.74, 6) is 1.50. The number of pyridine rings is 1. The number of nitrogens with one attached hydrogen (secondary N) is 1. The lowest BCUT2D eigenvalue weighted by molar-refractivity contribution is -0.141. The highest BCUT2D eigenvalue weighted by Gasteiger charge is 2.31. The van der Waals surface area contributed by atoms with Gasteiger partial charge in [-0.1, -0.05) is 0 Å². The largest absolute Gasteiger partial charge is 0.465 e. The maximum absolute atomic E-state index is 12.3. The van der Waals surface area contributed by atoms with Crippen molar-refractivity contribution >= 4 is 5.69 Å². The lowest BCUT2D eigenvalue weighted by Gasteiger charge is -2.07. The maximum Gasteiger partial charge on any atom is 0.433 e. The first-order valence-electron chi connectivity index (χ1n) is 5.27. The van der Waals surface area contributed by atoms with E-state index in [1.165, 1.54) is 6.07 Å². The van der Waals surface area contributed by atoms with Crippen LogP contribution in [0.3, 0.4) is 0 Å². The highest BCUT2D eigenvalue weighted by atomic mass is 19.4. The van der Waals surface area contributed by atoms with Crippen LogP contribution in [0.4, 0.5) is 18.9 Å². The Labute approximate surface area is 102 Å². The van der Waals surface area contributed by atoms with Crippen molar-refractivity contribution in [3.8, 4) is 0 Å². The molecule has 1 N–H and O–H groups in total. The highest BCUT2D eigenvalue weighted by Crippen LogP contribution is 2.27. The zero-order chi connectivity index (χ0) is 13.2. The Balaban J connectivity index is 1.98. The first-order valence-corrected chi connectivity index (χ1v) is 5.27. The lowest BCUT2D eigenvalue weighted by Crippen LogP contribution is -2.08. The van der Waals surface area contributed by atoms with E-state index in [1.54, 1.807) is 6.07 Å². The van der Waals surface area contributed by atoms with Gasteiger partial charge in [0.15, 0.2) is 0 Å². The van der Waals surface area contributed by atoms with E-state index in [-0.39, 0.29) is 0 Å². The first kappa shape index (κ1) is 12.5. The molecule has 0 amide bonds. The van der Waals surface area contributed by atoms with Crippen LogP contribution in [0.1, 0.15) is 17.2 Å². The number of nitrogens with zero attached hydrogens (tertiary/aromatic N) is 1. The van der Waals surface area contributed by atoms with Crippen molar-refractivity contribution in [2.24, 2.45) is 0 Å². The van der Waals surface area contributed by atoms with Crippen LogP contribution in [0.5, 0.6) is 0 Å². The van der Waals surface area contributed by atoms with E-state index in [0.29, 0.717) is 18.0 Å². The Morgan fingerprint density at radius 2 is 2.00 bits per heavy atom. The minimum absolute atomic E-state index is 0.404. The van der Waals surface area contributed by atoms with Crippen molar-refractivity contribution in [2.45, 2.75) is 19.6 Å². The van der Waals surface area contributed by atoms with E-state index in [2.05, 4.69) is 10.3 Å². The summed E-state index contributed by atoms with van der Waals surface area (Å²) in [7, 11) is 0. The molecule has 6 heteroatoms. The molecule has 0 aromatic carbocycles. The van der Waals surface area contributed by atoms with Crippen LogP contribution in [-0.2, 0) is 12.7 Å². The molecule has 0 aliphatic rings. The van der Waals surface area contributed by atoms with Gasteiger partial charge in [0.1, 0.15) is 17.2 Å². The normalized spacial score (nSPS) is 11.6. The Morgan fingerprint density at radius 3 is 2.50 bits per heavy atom. The zero-order valence-corrected chi connectivity index (χ0v) is 9.58. The average Bonchev–Trinajstić information content (AvgIpc) is 2.72. The van der Waals surface area contributed by atoms with Gasteiger partial charge in [-0.05, 0) is 31.2 Å². The van der Waals surface area contributed by atoms with Gasteiger partial charge in [0.2, 0.25) is 0 Å². The first-order chi connectivity index (χ1) is 8.45. The van der Waals surface area contributed by atoms with E-state index < -0.39 is 11.9 Å². The third-order valence-corrected chi connectivity index (χ3v) is 2.32. The molecule has 0 radical (unpaired) electrons. The quantitative estimate of drug-likeness (QED) is 0.911. The SMILES string of the molecule is Cc1ccc(CNc2ccc(C(F)(F)F)nc2)o1. The van der Waals surface area contributed by atoms with Crippen molar-refractivity contribution < 1.29 is 17.6 Å². The zero-order valence-electron chi connectivity index (χ0n) is 9.58. The molecule has 2 aromatic rings. The predicted molar refractivity (Wildman–Crippen MR) is 60.0 cm³/mol. The summed E-state index contributed by atoms with van der Waals surface area (Å²) in [6, 6.07) is 5.91. The molecule has 0 aliphatic heterocycles. The van der Waals surface area contributed by atoms with Crippen LogP contribution in [0.15, 0.2) is 34.9 Å². The molecule has 0 bridgehead atoms. The second-order valence-corrected chi connectivity index (χ2v) is 3.80. The Kier molecular flexibility index (Phi) is 3.27. The number of anilines is 1. The molecule has 0 saturated carbocycles. The summed E-state index contributed by atoms with van der Waals surface area (Å²) in [5.41, 5.74) is -0.390. The van der Waals surface area contributed by atoms with E-state index in [1.807, 2.05) is 13.0 Å². The van der Waals surface area contributed by atoms with Crippen LogP contribution >= 0.6 is 0 Å². The molecular formula is C12H11F3N2O. The van der Waals surface area contributed by atoms with Gasteiger partial charge in [-0.15, -0.1) is 0 Å². The van der Waals surface area contributed by atoms with Gasteiger partial charge in [0.25, 0.3) is 0 Å². The molecule has 18 heavy (non-hydrogen) atoms. The standard InChI is InChI=1S/C12H11F3N2O/c1-8-2-4-10(18-8)7-16-9-3-5-11(17-6-9)12(13,14)15/h2-6,16H,7H2,1H3. The Morgan fingerprint density at radius 1 is 1.22 bits per heavy atom. The summed E-state index contributed by atoms with van der Waals surface area (Å²) < 4.78 is 42.1. The summed E-state index contributed by atoms with van der Waals surface area (Å²) in [6.45, 7) is 2.23. The van der Waals surface area contributed by atoms with Crippen LogP contribution < -0.4 is 5.32 Å². The fourth-order valence-corrected chi connectivity index (χ4v) is 1.44. The Hall–Kier alpha value is -1.98. The van der Waals surface area contributed by atoms with Crippen molar-refractivity contribution in [3.05, 3.63) is 47.7 Å². The monoisotopic (exact) mass is 256 g/mol. The predicted octanol–water partition coefficient (Wildman–Crippen LogP) is 3.61. The third kappa shape index (κ3) is 3.03. The highest BCUT2D eigenvalue weighted by molar-refractivity contribution is 5.41. The number of hydrogen-bond donors (Lipinski definition) is 1. The third-order valence-electron chi connectivity index (χ3n) is 2.32. The summed E-state index contributed by atoms with van der Waals surface area (Å²) in [4.78, 5) is 3.35. The topological polar surface area (TPSA) is 38.1 Å². The molecule has 0 saturated heterocycles. The second-order valence-electron chi connectivity index (χ2n) is 3.80. The summed E-state index contributed by atoms with van der Waals surface area (Å²) in [6.07, 6.45) is -3.25. The number of aromatic nitrogens is 1. The number of aryl methyl sites for hydroxylation is 1. The maximum atomic E-state index is 12.3. The molecule has 0 spiro atoms. The number of furan rings is 1. The van der Waals surface area contributed by atoms with E-state index >= 15 is 0 Å². The molecule has 2 aromatic heterocycles. The molecule has 2 heterocycles. The number of rotatable bonds is 3. The average molecular weight is 256 g/mol. The van der Waals surface area contributed by atoms with Crippen LogP contribution in [0.25, 0.3) is 0 Å². The fraction of sp³-hybridized carbons (Fsp3) is 0.250. The van der Waals surface area contributed by atoms with Gasteiger partial charge in [-0.3, -0.25) is 0 Å². The number of halogens is 3. The van der Waals surface area contributed by atoms with Crippen LogP contribution in [0, 0.1) is 6.92 Å². The molecule has 3 nitrogen and oxygen atoms in total. The minimum Gasteiger partial charge on any atom is -0.465 e. The second kappa shape index (κ2) is 4.72. The number of alkyl halides is 3. The minimum atomic E-state index is -4.41. The van der Waals surface area contributed by atoms with E-state index in [9.17, 15) is 13.2 Å². The van der Waals surface area contributed by atoms with Gasteiger partial charge >= 0.3 is 6.18 Å². The van der Waals surface area contributed by atoms with Crippen molar-refractivity contribution in [3.63, 3.8) is 0 Å². The number of hydrogen-bond acceptors (Lipinski definition) is 3. The molecule has 0 unspecified atom stereocenters. The van der Waals surface area contributed by atoms with E-state index in [0.717, 1.165) is 18.0 Å².